The number of primary amides is 1. The van der Waals surface area contributed by atoms with E-state index in [-0.39, 0.29) is 0 Å². The molecule has 1 aromatic rings. The van der Waals surface area contributed by atoms with Crippen molar-refractivity contribution in [2.45, 2.75) is 31.4 Å². The molecule has 2 rings (SSSR count). The van der Waals surface area contributed by atoms with Gasteiger partial charge in [-0.3, -0.25) is 9.59 Å². The third kappa shape index (κ3) is 2.46. The van der Waals surface area contributed by atoms with Crippen LogP contribution in [0.15, 0.2) is 30.3 Å². The molecule has 1 fully saturated rings. The van der Waals surface area contributed by atoms with Crippen molar-refractivity contribution in [1.29, 1.82) is 0 Å². The second-order valence-electron chi connectivity index (χ2n) is 5.00. The number of likely N-dealkylation sites (tertiary alicyclic amines) is 1. The summed E-state index contributed by atoms with van der Waals surface area (Å²) in [4.78, 5) is 25.2. The highest BCUT2D eigenvalue weighted by Gasteiger charge is 2.42. The Hall–Kier alpha value is -1.88. The molecule has 2 atom stereocenters. The molecule has 1 aromatic carbocycles. The highest BCUT2D eigenvalue weighted by Crippen LogP contribution is 2.27. The van der Waals surface area contributed by atoms with Crippen LogP contribution in [0.2, 0.25) is 0 Å². The van der Waals surface area contributed by atoms with E-state index >= 15 is 0 Å². The molecule has 0 saturated carbocycles. The van der Waals surface area contributed by atoms with Gasteiger partial charge in [0.2, 0.25) is 5.91 Å². The fourth-order valence-corrected chi connectivity index (χ4v) is 2.47. The van der Waals surface area contributed by atoms with Crippen LogP contribution in [0, 0.1) is 0 Å². The van der Waals surface area contributed by atoms with Crippen LogP contribution < -0.4 is 5.73 Å². The molecule has 1 aliphatic rings. The molecule has 0 spiro atoms. The van der Waals surface area contributed by atoms with Crippen LogP contribution in [0.5, 0.6) is 0 Å². The maximum absolute atomic E-state index is 12.5. The van der Waals surface area contributed by atoms with Gasteiger partial charge in [-0.25, -0.2) is 0 Å². The first-order valence-corrected chi connectivity index (χ1v) is 6.33. The lowest BCUT2D eigenvalue weighted by Crippen LogP contribution is -2.51. The van der Waals surface area contributed by atoms with E-state index in [1.165, 1.54) is 11.8 Å². The van der Waals surface area contributed by atoms with Crippen molar-refractivity contribution in [3.63, 3.8) is 0 Å². The predicted octanol–water partition coefficient (Wildman–Crippen LogP) is 0.370. The van der Waals surface area contributed by atoms with Gasteiger partial charge >= 0.3 is 0 Å². The van der Waals surface area contributed by atoms with Crippen LogP contribution >= 0.6 is 0 Å². The largest absolute Gasteiger partial charge is 0.376 e. The quantitative estimate of drug-likeness (QED) is 0.825. The first-order chi connectivity index (χ1) is 8.94. The van der Waals surface area contributed by atoms with Gasteiger partial charge in [-0.05, 0) is 25.3 Å². The van der Waals surface area contributed by atoms with Crippen molar-refractivity contribution >= 4 is 11.8 Å². The molecular weight excluding hydrogens is 244 g/mol. The number of carbonyl (C=O) groups excluding carboxylic acids is 2. The lowest BCUT2D eigenvalue weighted by Gasteiger charge is -2.31. The Labute approximate surface area is 112 Å². The summed E-state index contributed by atoms with van der Waals surface area (Å²) < 4.78 is 0. The lowest BCUT2D eigenvalue weighted by molar-refractivity contribution is -0.153. The van der Waals surface area contributed by atoms with Crippen LogP contribution in [-0.4, -0.2) is 34.4 Å². The normalized spacial score (nSPS) is 22.0. The molecule has 0 aromatic heterocycles. The summed E-state index contributed by atoms with van der Waals surface area (Å²) in [7, 11) is 0. The molecule has 5 nitrogen and oxygen atoms in total. The first kappa shape index (κ1) is 13.5. The van der Waals surface area contributed by atoms with E-state index in [2.05, 4.69) is 0 Å². The van der Waals surface area contributed by atoms with E-state index in [0.717, 1.165) is 6.42 Å². The predicted molar refractivity (Wildman–Crippen MR) is 69.9 cm³/mol. The standard InChI is InChI=1S/C14H18N2O3/c1-14(19,10-6-3-2-4-7-10)13(18)16-9-5-8-11(16)12(15)17/h2-4,6-7,11,19H,5,8-9H2,1H3,(H2,15,17)/t11?,14-/m1/s1. The van der Waals surface area contributed by atoms with Crippen molar-refractivity contribution < 1.29 is 14.7 Å². The maximum atomic E-state index is 12.5. The molecule has 0 aliphatic carbocycles. The molecule has 102 valence electrons. The minimum Gasteiger partial charge on any atom is -0.376 e. The zero-order valence-corrected chi connectivity index (χ0v) is 10.9. The molecule has 0 radical (unpaired) electrons. The SMILES string of the molecule is C[C@](O)(C(=O)N1CCCC1C(N)=O)c1ccccc1. The number of hydrogen-bond donors (Lipinski definition) is 2. The molecule has 1 heterocycles. The van der Waals surface area contributed by atoms with E-state index in [0.29, 0.717) is 18.5 Å². The zero-order chi connectivity index (χ0) is 14.0. The summed E-state index contributed by atoms with van der Waals surface area (Å²) in [5, 5.41) is 10.5. The summed E-state index contributed by atoms with van der Waals surface area (Å²) >= 11 is 0. The van der Waals surface area contributed by atoms with Crippen molar-refractivity contribution in [3.05, 3.63) is 35.9 Å². The van der Waals surface area contributed by atoms with Crippen molar-refractivity contribution in [2.75, 3.05) is 6.54 Å². The summed E-state index contributed by atoms with van der Waals surface area (Å²) in [6.45, 7) is 1.90. The average molecular weight is 262 g/mol. The Kier molecular flexibility index (Phi) is 3.57. The van der Waals surface area contributed by atoms with Gasteiger partial charge in [-0.2, -0.15) is 0 Å². The van der Waals surface area contributed by atoms with Crippen molar-refractivity contribution in [2.24, 2.45) is 5.73 Å². The smallest absolute Gasteiger partial charge is 0.259 e. The number of amides is 2. The number of rotatable bonds is 3. The van der Waals surface area contributed by atoms with Crippen LogP contribution in [-0.2, 0) is 15.2 Å². The average Bonchev–Trinajstić information content (AvgIpc) is 2.88. The van der Waals surface area contributed by atoms with Gasteiger partial charge in [-0.1, -0.05) is 30.3 Å². The third-order valence-electron chi connectivity index (χ3n) is 3.59. The van der Waals surface area contributed by atoms with E-state index in [4.69, 9.17) is 5.73 Å². The fourth-order valence-electron chi connectivity index (χ4n) is 2.47. The van der Waals surface area contributed by atoms with E-state index < -0.39 is 23.5 Å². The monoisotopic (exact) mass is 262 g/mol. The maximum Gasteiger partial charge on any atom is 0.259 e. The van der Waals surface area contributed by atoms with Gasteiger partial charge in [0, 0.05) is 6.54 Å². The third-order valence-corrected chi connectivity index (χ3v) is 3.59. The number of hydrogen-bond acceptors (Lipinski definition) is 3. The Morgan fingerprint density at radius 3 is 2.58 bits per heavy atom. The molecule has 1 aliphatic heterocycles. The van der Waals surface area contributed by atoms with Gasteiger partial charge in [0.15, 0.2) is 5.60 Å². The molecule has 19 heavy (non-hydrogen) atoms. The number of benzene rings is 1. The number of carbonyl (C=O) groups is 2. The molecule has 5 heteroatoms. The summed E-state index contributed by atoms with van der Waals surface area (Å²) in [5.74, 6) is -0.991. The molecule has 3 N–H and O–H groups in total. The van der Waals surface area contributed by atoms with Crippen LogP contribution in [0.3, 0.4) is 0 Å². The summed E-state index contributed by atoms with van der Waals surface area (Å²) in [6.07, 6.45) is 1.29. The molecular formula is C14H18N2O3. The molecule has 0 bridgehead atoms. The number of aliphatic hydroxyl groups is 1. The second-order valence-corrected chi connectivity index (χ2v) is 5.00. The molecule has 1 unspecified atom stereocenters. The van der Waals surface area contributed by atoms with Gasteiger partial charge in [-0.15, -0.1) is 0 Å². The highest BCUT2D eigenvalue weighted by atomic mass is 16.3. The van der Waals surface area contributed by atoms with E-state index in [1.807, 2.05) is 6.07 Å². The molecule has 2 amide bonds. The van der Waals surface area contributed by atoms with Gasteiger partial charge in [0.05, 0.1) is 0 Å². The Balaban J connectivity index is 2.26. The fraction of sp³-hybridized carbons (Fsp3) is 0.429. The van der Waals surface area contributed by atoms with E-state index in [1.54, 1.807) is 24.3 Å². The van der Waals surface area contributed by atoms with Crippen molar-refractivity contribution in [3.8, 4) is 0 Å². The highest BCUT2D eigenvalue weighted by molar-refractivity contribution is 5.91. The van der Waals surface area contributed by atoms with Crippen molar-refractivity contribution in [1.82, 2.24) is 4.90 Å². The number of nitrogens with zero attached hydrogens (tertiary/aromatic N) is 1. The topological polar surface area (TPSA) is 83.6 Å². The van der Waals surface area contributed by atoms with Gasteiger partial charge in [0.25, 0.3) is 5.91 Å². The summed E-state index contributed by atoms with van der Waals surface area (Å²) in [6, 6.07) is 8.09. The zero-order valence-electron chi connectivity index (χ0n) is 10.9. The number of nitrogens with two attached hydrogens (primary N) is 1. The minimum absolute atomic E-state index is 0.454. The van der Waals surface area contributed by atoms with Gasteiger partial charge in [0.1, 0.15) is 6.04 Å². The Morgan fingerprint density at radius 2 is 2.00 bits per heavy atom. The lowest BCUT2D eigenvalue weighted by atomic mass is 9.94. The molecule has 1 saturated heterocycles. The van der Waals surface area contributed by atoms with Crippen LogP contribution in [0.1, 0.15) is 25.3 Å². The Bertz CT molecular complexity index is 485. The van der Waals surface area contributed by atoms with Crippen LogP contribution in [0.4, 0.5) is 0 Å². The summed E-state index contributed by atoms with van der Waals surface area (Å²) in [5.41, 5.74) is 4.16. The second kappa shape index (κ2) is 5.01. The van der Waals surface area contributed by atoms with Gasteiger partial charge < -0.3 is 15.7 Å². The minimum atomic E-state index is -1.64. The van der Waals surface area contributed by atoms with E-state index in [9.17, 15) is 14.7 Å². The van der Waals surface area contributed by atoms with Crippen LogP contribution in [0.25, 0.3) is 0 Å². The first-order valence-electron chi connectivity index (χ1n) is 6.33. The Morgan fingerprint density at radius 1 is 1.37 bits per heavy atom.